The number of hydrogen-bond donors (Lipinski definition) is 2. The average Bonchev–Trinajstić information content (AvgIpc) is 3.68. The van der Waals surface area contributed by atoms with Crippen LogP contribution >= 0.6 is 11.6 Å². The molecule has 5 aromatic heterocycles. The van der Waals surface area contributed by atoms with Crippen LogP contribution in [0.1, 0.15) is 35.3 Å². The Morgan fingerprint density at radius 2 is 1.86 bits per heavy atom. The van der Waals surface area contributed by atoms with Crippen molar-refractivity contribution in [3.05, 3.63) is 104 Å². The van der Waals surface area contributed by atoms with Crippen molar-refractivity contribution < 1.29 is 4.79 Å². The molecule has 0 radical (unpaired) electrons. The van der Waals surface area contributed by atoms with E-state index >= 15 is 0 Å². The van der Waals surface area contributed by atoms with Crippen LogP contribution in [0.3, 0.4) is 0 Å². The topological polar surface area (TPSA) is 125 Å². The first-order valence-electron chi connectivity index (χ1n) is 13.9. The van der Waals surface area contributed by atoms with E-state index in [4.69, 9.17) is 16.7 Å². The second-order valence-corrected chi connectivity index (χ2v) is 11.6. The van der Waals surface area contributed by atoms with Crippen molar-refractivity contribution in [2.45, 2.75) is 33.5 Å². The number of amides is 1. The maximum absolute atomic E-state index is 13.7. The van der Waals surface area contributed by atoms with Gasteiger partial charge >= 0.3 is 5.69 Å². The maximum Gasteiger partial charge on any atom is 0.332 e. The lowest BCUT2D eigenvalue weighted by Gasteiger charge is -2.11. The van der Waals surface area contributed by atoms with Gasteiger partial charge in [-0.15, -0.1) is 0 Å². The van der Waals surface area contributed by atoms with Crippen LogP contribution in [-0.4, -0.2) is 39.4 Å². The third kappa shape index (κ3) is 5.16. The Kier molecular flexibility index (Phi) is 7.26. The van der Waals surface area contributed by atoms with Crippen LogP contribution in [0.5, 0.6) is 0 Å². The zero-order valence-corrected chi connectivity index (χ0v) is 25.0. The molecule has 43 heavy (non-hydrogen) atoms. The molecule has 0 spiro atoms. The Balaban J connectivity index is 1.52. The van der Waals surface area contributed by atoms with Gasteiger partial charge < -0.3 is 14.9 Å². The molecule has 11 nitrogen and oxygen atoms in total. The lowest BCUT2D eigenvalue weighted by Crippen LogP contribution is -2.38. The Bertz CT molecular complexity index is 2110. The van der Waals surface area contributed by atoms with Crippen LogP contribution in [0, 0.1) is 5.92 Å². The minimum absolute atomic E-state index is 0.133. The standard InChI is InChI=1S/C31H31ClN8O3/c1-18(2)15-39-28-26(30(42)38(4)31(39)43)27(40(36-28)17-21-14-34-24-6-5-22(32)12-23(21)24)25-11-20(16-37(25)3)29(41)35-13-19-7-9-33-10-8-19/h5-12,14,16,18,34H,13,15,17H2,1-4H3,(H,35,41). The fraction of sp³-hybridized carbons (Fsp3) is 0.258. The van der Waals surface area contributed by atoms with Crippen LogP contribution in [0.15, 0.2) is 70.8 Å². The molecule has 0 saturated heterocycles. The van der Waals surface area contributed by atoms with E-state index in [9.17, 15) is 14.4 Å². The number of nitrogens with zero attached hydrogens (tertiary/aromatic N) is 6. The largest absolute Gasteiger partial charge is 0.361 e. The summed E-state index contributed by atoms with van der Waals surface area (Å²) in [5.41, 5.74) is 3.73. The molecule has 220 valence electrons. The van der Waals surface area contributed by atoms with Gasteiger partial charge in [0.1, 0.15) is 11.1 Å². The van der Waals surface area contributed by atoms with Gasteiger partial charge in [0.25, 0.3) is 11.5 Å². The highest BCUT2D eigenvalue weighted by Crippen LogP contribution is 2.30. The maximum atomic E-state index is 13.7. The van der Waals surface area contributed by atoms with Crippen molar-refractivity contribution >= 4 is 39.4 Å². The molecule has 6 aromatic rings. The molecule has 0 saturated carbocycles. The van der Waals surface area contributed by atoms with Gasteiger partial charge in [-0.1, -0.05) is 25.4 Å². The zero-order chi connectivity index (χ0) is 30.4. The number of aromatic nitrogens is 7. The van der Waals surface area contributed by atoms with E-state index in [1.807, 2.05) is 57.4 Å². The van der Waals surface area contributed by atoms with E-state index < -0.39 is 11.2 Å². The lowest BCUT2D eigenvalue weighted by molar-refractivity contribution is 0.0951. The number of nitrogens with one attached hydrogen (secondary N) is 2. The molecule has 1 amide bonds. The predicted molar refractivity (Wildman–Crippen MR) is 166 cm³/mol. The molecule has 6 rings (SSSR count). The molecule has 1 aromatic carbocycles. The number of aromatic amines is 1. The summed E-state index contributed by atoms with van der Waals surface area (Å²) in [6.45, 7) is 5.03. The van der Waals surface area contributed by atoms with Crippen molar-refractivity contribution in [3.63, 3.8) is 0 Å². The van der Waals surface area contributed by atoms with Gasteiger partial charge in [0, 0.05) is 67.9 Å². The summed E-state index contributed by atoms with van der Waals surface area (Å²) in [7, 11) is 3.30. The SMILES string of the molecule is CC(C)Cn1c(=O)n(C)c(=O)c2c(-c3cc(C(=O)NCc4ccncc4)cn3C)n(Cc3c[nH]c4ccc(Cl)cc34)nc21. The monoisotopic (exact) mass is 598 g/mol. The van der Waals surface area contributed by atoms with Gasteiger partial charge in [-0.05, 0) is 53.4 Å². The molecule has 12 heteroatoms. The highest BCUT2D eigenvalue weighted by Gasteiger charge is 2.26. The van der Waals surface area contributed by atoms with Gasteiger partial charge in [-0.25, -0.2) is 4.79 Å². The molecule has 5 heterocycles. The molecule has 0 aliphatic rings. The summed E-state index contributed by atoms with van der Waals surface area (Å²) >= 11 is 6.32. The molecule has 0 unspecified atom stereocenters. The van der Waals surface area contributed by atoms with E-state index in [0.717, 1.165) is 26.6 Å². The van der Waals surface area contributed by atoms with Gasteiger partial charge in [0.05, 0.1) is 17.8 Å². The van der Waals surface area contributed by atoms with Gasteiger partial charge in [-0.3, -0.25) is 28.4 Å². The number of benzene rings is 1. The van der Waals surface area contributed by atoms with Crippen molar-refractivity contribution in [2.24, 2.45) is 20.0 Å². The van der Waals surface area contributed by atoms with Crippen LogP contribution < -0.4 is 16.6 Å². The van der Waals surface area contributed by atoms with E-state index in [-0.39, 0.29) is 18.4 Å². The lowest BCUT2D eigenvalue weighted by atomic mass is 10.1. The highest BCUT2D eigenvalue weighted by molar-refractivity contribution is 6.31. The number of halogens is 1. The Morgan fingerprint density at radius 3 is 2.60 bits per heavy atom. The minimum Gasteiger partial charge on any atom is -0.361 e. The summed E-state index contributed by atoms with van der Waals surface area (Å²) < 4.78 is 6.22. The number of hydrogen-bond acceptors (Lipinski definition) is 5. The molecule has 0 fully saturated rings. The van der Waals surface area contributed by atoms with Crippen LogP contribution in [0.4, 0.5) is 0 Å². The van der Waals surface area contributed by atoms with E-state index in [2.05, 4.69) is 15.3 Å². The third-order valence-electron chi connectivity index (χ3n) is 7.54. The fourth-order valence-corrected chi connectivity index (χ4v) is 5.59. The second kappa shape index (κ2) is 11.1. The summed E-state index contributed by atoms with van der Waals surface area (Å²) in [6, 6.07) is 11.0. The highest BCUT2D eigenvalue weighted by atomic mass is 35.5. The number of pyridine rings is 1. The number of carbonyl (C=O) groups excluding carboxylic acids is 1. The number of aryl methyl sites for hydroxylation is 1. The third-order valence-corrected chi connectivity index (χ3v) is 7.77. The zero-order valence-electron chi connectivity index (χ0n) is 24.3. The van der Waals surface area contributed by atoms with Crippen LogP contribution in [0.2, 0.25) is 5.02 Å². The summed E-state index contributed by atoms with van der Waals surface area (Å²) in [4.78, 5) is 47.5. The van der Waals surface area contributed by atoms with Gasteiger partial charge in [0.2, 0.25) is 0 Å². The van der Waals surface area contributed by atoms with Crippen molar-refractivity contribution in [1.82, 2.24) is 38.8 Å². The number of carbonyl (C=O) groups is 1. The first-order valence-corrected chi connectivity index (χ1v) is 14.3. The van der Waals surface area contributed by atoms with E-state index in [0.29, 0.717) is 46.1 Å². The van der Waals surface area contributed by atoms with Crippen LogP contribution in [0.25, 0.3) is 33.3 Å². The quantitative estimate of drug-likeness (QED) is 0.273. The Labute approximate surface area is 251 Å². The molecule has 0 aliphatic carbocycles. The molecule has 2 N–H and O–H groups in total. The van der Waals surface area contributed by atoms with Crippen molar-refractivity contribution in [3.8, 4) is 11.4 Å². The number of H-pyrrole nitrogens is 1. The summed E-state index contributed by atoms with van der Waals surface area (Å²) in [5, 5.41) is 9.66. The summed E-state index contributed by atoms with van der Waals surface area (Å²) in [5.74, 6) is -0.126. The second-order valence-electron chi connectivity index (χ2n) is 11.1. The average molecular weight is 599 g/mol. The Hall–Kier alpha value is -4.90. The fourth-order valence-electron chi connectivity index (χ4n) is 5.42. The Morgan fingerprint density at radius 1 is 1.09 bits per heavy atom. The molecular weight excluding hydrogens is 568 g/mol. The van der Waals surface area contributed by atoms with E-state index in [1.165, 1.54) is 7.05 Å². The minimum atomic E-state index is -0.451. The number of fused-ring (bicyclic) bond motifs is 2. The van der Waals surface area contributed by atoms with Crippen molar-refractivity contribution in [2.75, 3.05) is 0 Å². The summed E-state index contributed by atoms with van der Waals surface area (Å²) in [6.07, 6.45) is 6.96. The van der Waals surface area contributed by atoms with Crippen LogP contribution in [-0.2, 0) is 33.7 Å². The molecule has 0 bridgehead atoms. The molecular formula is C31H31ClN8O3. The van der Waals surface area contributed by atoms with Gasteiger partial charge in [-0.2, -0.15) is 5.10 Å². The van der Waals surface area contributed by atoms with Gasteiger partial charge in [0.15, 0.2) is 5.65 Å². The predicted octanol–water partition coefficient (Wildman–Crippen LogP) is 4.07. The van der Waals surface area contributed by atoms with E-state index in [1.54, 1.807) is 38.5 Å². The first kappa shape index (κ1) is 28.2. The first-order chi connectivity index (χ1) is 20.6. The molecule has 0 atom stereocenters. The normalized spacial score (nSPS) is 11.7. The smallest absolute Gasteiger partial charge is 0.332 e. The van der Waals surface area contributed by atoms with Crippen molar-refractivity contribution in [1.29, 1.82) is 0 Å². The molecule has 0 aliphatic heterocycles. The number of rotatable bonds is 8.